The molecule has 0 atom stereocenters. The van der Waals surface area contributed by atoms with Gasteiger partial charge in [0.05, 0.1) is 11.6 Å². The zero-order valence-corrected chi connectivity index (χ0v) is 22.9. The second-order valence-corrected chi connectivity index (χ2v) is 10.4. The van der Waals surface area contributed by atoms with Gasteiger partial charge < -0.3 is 24.7 Å². The van der Waals surface area contributed by atoms with Gasteiger partial charge in [0.1, 0.15) is 35.7 Å². The lowest BCUT2D eigenvalue weighted by Gasteiger charge is -2.38. The summed E-state index contributed by atoms with van der Waals surface area (Å²) in [4.78, 5) is 54.0. The molecule has 1 saturated heterocycles. The maximum absolute atomic E-state index is 13.5. The molecule has 2 fully saturated rings. The second kappa shape index (κ2) is 11.3. The monoisotopic (exact) mass is 578 g/mol. The molecule has 1 aliphatic carbocycles. The minimum absolute atomic E-state index is 0.00959. The molecule has 13 nitrogen and oxygen atoms in total. The number of nitrogens with one attached hydrogen (secondary N) is 2. The third-order valence-corrected chi connectivity index (χ3v) is 7.65. The van der Waals surface area contributed by atoms with Crippen molar-refractivity contribution >= 4 is 51.9 Å². The summed E-state index contributed by atoms with van der Waals surface area (Å²) in [6, 6.07) is 6.63. The second-order valence-electron chi connectivity index (χ2n) is 10.0. The number of hydrogen-bond acceptors (Lipinski definition) is 9. The van der Waals surface area contributed by atoms with Crippen molar-refractivity contribution in [2.24, 2.45) is 13.0 Å². The Morgan fingerprint density at radius 3 is 2.61 bits per heavy atom. The maximum Gasteiger partial charge on any atom is 0.294 e. The number of furan rings is 1. The molecule has 1 saturated carbocycles. The summed E-state index contributed by atoms with van der Waals surface area (Å²) in [5.74, 6) is -0.501. The molecule has 4 aromatic heterocycles. The molecule has 41 heavy (non-hydrogen) atoms. The van der Waals surface area contributed by atoms with Gasteiger partial charge in [-0.1, -0.05) is 11.6 Å². The van der Waals surface area contributed by atoms with Crippen LogP contribution in [0.4, 0.5) is 11.5 Å². The van der Waals surface area contributed by atoms with E-state index >= 15 is 0 Å². The number of fused-ring (bicyclic) bond motifs is 1. The van der Waals surface area contributed by atoms with E-state index in [1.165, 1.54) is 12.5 Å². The minimum atomic E-state index is -0.608. The van der Waals surface area contributed by atoms with Crippen LogP contribution < -0.4 is 10.6 Å². The average molecular weight is 579 g/mol. The van der Waals surface area contributed by atoms with E-state index in [0.717, 1.165) is 0 Å². The Labute approximate surface area is 239 Å². The predicted molar refractivity (Wildman–Crippen MR) is 148 cm³/mol. The summed E-state index contributed by atoms with van der Waals surface area (Å²) < 4.78 is 12.7. The third kappa shape index (κ3) is 5.50. The van der Waals surface area contributed by atoms with Crippen molar-refractivity contribution < 1.29 is 23.5 Å². The van der Waals surface area contributed by atoms with E-state index in [1.807, 2.05) is 4.90 Å². The van der Waals surface area contributed by atoms with Crippen molar-refractivity contribution in [2.75, 3.05) is 30.4 Å². The van der Waals surface area contributed by atoms with E-state index in [2.05, 4.69) is 30.7 Å². The highest BCUT2D eigenvalue weighted by Gasteiger charge is 2.34. The van der Waals surface area contributed by atoms with Gasteiger partial charge in [-0.25, -0.2) is 19.6 Å². The SMILES string of the molecule is Cn1ncnc1-c1ccc2oc(C(=O)Nc3ccc(Cl)cn3)c(NC(=O)C3CCC(N4CCOCC4=O)CC3)c2n1. The normalized spacial score (nSPS) is 19.4. The van der Waals surface area contributed by atoms with Gasteiger partial charge in [0.15, 0.2) is 11.4 Å². The molecule has 0 unspecified atom stereocenters. The fraction of sp³-hybridized carbons (Fsp3) is 0.370. The number of anilines is 2. The Bertz CT molecular complexity index is 1610. The molecule has 0 aromatic carbocycles. The lowest BCUT2D eigenvalue weighted by atomic mass is 9.84. The first-order valence-corrected chi connectivity index (χ1v) is 13.6. The lowest BCUT2D eigenvalue weighted by Crippen LogP contribution is -2.49. The van der Waals surface area contributed by atoms with Crippen molar-refractivity contribution in [1.82, 2.24) is 29.6 Å². The number of amides is 3. The zero-order chi connectivity index (χ0) is 28.5. The average Bonchev–Trinajstić information content (AvgIpc) is 3.57. The Morgan fingerprint density at radius 2 is 1.90 bits per heavy atom. The number of halogens is 1. The Morgan fingerprint density at radius 1 is 1.07 bits per heavy atom. The molecule has 0 radical (unpaired) electrons. The standard InChI is InChI=1S/C27H27ClN8O5/c1-35-25(30-14-31-35)18-7-8-19-22(32-18)23(24(41-19)27(39)33-20-9-4-16(28)12-29-20)34-26(38)15-2-5-17(6-3-15)36-10-11-40-13-21(36)37/h4,7-9,12,14-15,17H,2-3,5-6,10-11,13H2,1H3,(H,34,38)(H,29,33,39). The van der Waals surface area contributed by atoms with Crippen molar-refractivity contribution in [2.45, 2.75) is 31.7 Å². The van der Waals surface area contributed by atoms with Gasteiger partial charge in [0.25, 0.3) is 5.91 Å². The summed E-state index contributed by atoms with van der Waals surface area (Å²) in [6.07, 6.45) is 5.45. The number of aryl methyl sites for hydroxylation is 1. The van der Waals surface area contributed by atoms with Crippen LogP contribution in [0.2, 0.25) is 5.02 Å². The molecule has 6 rings (SSSR count). The summed E-state index contributed by atoms with van der Waals surface area (Å²) in [7, 11) is 1.74. The topological polar surface area (TPSA) is 157 Å². The first-order chi connectivity index (χ1) is 19.9. The first kappa shape index (κ1) is 26.8. The number of carbonyl (C=O) groups is 3. The molecule has 0 spiro atoms. The van der Waals surface area contributed by atoms with Crippen molar-refractivity contribution in [3.63, 3.8) is 0 Å². The van der Waals surface area contributed by atoms with E-state index in [-0.39, 0.29) is 47.6 Å². The van der Waals surface area contributed by atoms with Gasteiger partial charge in [-0.05, 0) is 49.9 Å². The minimum Gasteiger partial charge on any atom is -0.447 e. The van der Waals surface area contributed by atoms with E-state index in [4.69, 9.17) is 20.8 Å². The number of nitrogens with zero attached hydrogens (tertiary/aromatic N) is 6. The van der Waals surface area contributed by atoms with Gasteiger partial charge in [0, 0.05) is 31.7 Å². The van der Waals surface area contributed by atoms with Gasteiger partial charge in [-0.15, -0.1) is 0 Å². The van der Waals surface area contributed by atoms with Crippen LogP contribution in [0.25, 0.3) is 22.6 Å². The van der Waals surface area contributed by atoms with Crippen LogP contribution in [0.3, 0.4) is 0 Å². The van der Waals surface area contributed by atoms with Crippen molar-refractivity contribution in [3.05, 3.63) is 47.6 Å². The molecular weight excluding hydrogens is 552 g/mol. The molecule has 4 aromatic rings. The predicted octanol–water partition coefficient (Wildman–Crippen LogP) is 3.28. The highest BCUT2D eigenvalue weighted by Crippen LogP contribution is 2.34. The maximum atomic E-state index is 13.5. The zero-order valence-electron chi connectivity index (χ0n) is 22.2. The van der Waals surface area contributed by atoms with Crippen LogP contribution in [-0.2, 0) is 21.4 Å². The van der Waals surface area contributed by atoms with Crippen LogP contribution in [0.15, 0.2) is 41.2 Å². The fourth-order valence-electron chi connectivity index (χ4n) is 5.32. The molecule has 2 N–H and O–H groups in total. The van der Waals surface area contributed by atoms with Crippen LogP contribution >= 0.6 is 11.6 Å². The van der Waals surface area contributed by atoms with Crippen molar-refractivity contribution in [1.29, 1.82) is 0 Å². The highest BCUT2D eigenvalue weighted by molar-refractivity contribution is 6.30. The molecule has 1 aliphatic heterocycles. The summed E-state index contributed by atoms with van der Waals surface area (Å²) in [6.45, 7) is 1.20. The third-order valence-electron chi connectivity index (χ3n) is 7.43. The number of hydrogen-bond donors (Lipinski definition) is 2. The fourth-order valence-corrected chi connectivity index (χ4v) is 5.43. The van der Waals surface area contributed by atoms with E-state index in [0.29, 0.717) is 66.5 Å². The molecule has 3 amide bonds. The van der Waals surface area contributed by atoms with Crippen LogP contribution in [0, 0.1) is 5.92 Å². The highest BCUT2D eigenvalue weighted by atomic mass is 35.5. The summed E-state index contributed by atoms with van der Waals surface area (Å²) in [5, 5.41) is 10.1. The Balaban J connectivity index is 1.27. The number of rotatable bonds is 6. The number of pyridine rings is 2. The molecular formula is C27H27ClN8O5. The first-order valence-electron chi connectivity index (χ1n) is 13.3. The molecule has 2 aliphatic rings. The van der Waals surface area contributed by atoms with Crippen LogP contribution in [-0.4, -0.2) is 73.2 Å². The molecule has 212 valence electrons. The summed E-state index contributed by atoms with van der Waals surface area (Å²) in [5.41, 5.74) is 1.28. The van der Waals surface area contributed by atoms with Crippen molar-refractivity contribution in [3.8, 4) is 11.5 Å². The van der Waals surface area contributed by atoms with E-state index in [1.54, 1.807) is 36.0 Å². The van der Waals surface area contributed by atoms with Crippen LogP contribution in [0.1, 0.15) is 36.2 Å². The Kier molecular flexibility index (Phi) is 7.37. The number of morpholine rings is 1. The van der Waals surface area contributed by atoms with Gasteiger partial charge in [0.2, 0.25) is 17.6 Å². The van der Waals surface area contributed by atoms with Crippen LogP contribution in [0.5, 0.6) is 0 Å². The number of aromatic nitrogens is 5. The van der Waals surface area contributed by atoms with E-state index < -0.39 is 5.91 Å². The molecule has 0 bridgehead atoms. The van der Waals surface area contributed by atoms with E-state index in [9.17, 15) is 14.4 Å². The quantitative estimate of drug-likeness (QED) is 0.350. The van der Waals surface area contributed by atoms with Gasteiger partial charge >= 0.3 is 0 Å². The molecule has 14 heteroatoms. The number of carbonyl (C=O) groups excluding carboxylic acids is 3. The molecule has 5 heterocycles. The smallest absolute Gasteiger partial charge is 0.294 e. The Hall–Kier alpha value is -4.36. The largest absolute Gasteiger partial charge is 0.447 e. The van der Waals surface area contributed by atoms with Gasteiger partial charge in [-0.2, -0.15) is 5.10 Å². The lowest BCUT2D eigenvalue weighted by molar-refractivity contribution is -0.146. The summed E-state index contributed by atoms with van der Waals surface area (Å²) >= 11 is 5.92. The number of ether oxygens (including phenoxy) is 1. The van der Waals surface area contributed by atoms with Gasteiger partial charge in [-0.3, -0.25) is 14.4 Å².